The molecule has 0 radical (unpaired) electrons. The number of carbonyl (C=O) groups is 2. The molecule has 1 aliphatic rings. The minimum Gasteiger partial charge on any atom is -0.443 e. The van der Waals surface area contributed by atoms with E-state index < -0.39 is 35.2 Å². The van der Waals surface area contributed by atoms with Crippen LogP contribution in [0.5, 0.6) is 0 Å². The van der Waals surface area contributed by atoms with Gasteiger partial charge in [-0.15, -0.1) is 0 Å². The summed E-state index contributed by atoms with van der Waals surface area (Å²) in [6.07, 6.45) is -0.700. The van der Waals surface area contributed by atoms with Gasteiger partial charge < -0.3 is 4.74 Å². The van der Waals surface area contributed by atoms with Gasteiger partial charge in [-0.25, -0.2) is 18.5 Å². The lowest BCUT2D eigenvalue weighted by Crippen LogP contribution is -2.37. The molecule has 0 bridgehead atoms. The zero-order valence-electron chi connectivity index (χ0n) is 12.2. The first kappa shape index (κ1) is 15.4. The third-order valence-electron chi connectivity index (χ3n) is 3.10. The van der Waals surface area contributed by atoms with Gasteiger partial charge in [-0.05, 0) is 38.5 Å². The maximum absolute atomic E-state index is 13.2. The lowest BCUT2D eigenvalue weighted by molar-refractivity contribution is -0.126. The van der Waals surface area contributed by atoms with Gasteiger partial charge in [0.05, 0.1) is 0 Å². The summed E-state index contributed by atoms with van der Waals surface area (Å²) in [5, 5.41) is 0. The van der Waals surface area contributed by atoms with Crippen molar-refractivity contribution in [2.45, 2.75) is 38.7 Å². The minimum atomic E-state index is -0.730. The van der Waals surface area contributed by atoms with E-state index in [-0.39, 0.29) is 13.0 Å². The number of halogens is 2. The van der Waals surface area contributed by atoms with Crippen LogP contribution in [-0.2, 0) is 9.53 Å². The van der Waals surface area contributed by atoms with Crippen LogP contribution in [0.2, 0.25) is 0 Å². The lowest BCUT2D eigenvalue weighted by Gasteiger charge is -2.23. The molecule has 1 atom stereocenters. The standard InChI is InChI=1S/C15H17F2NO3/c1-15(2,3)21-14(20)18-8-10(6-13(18)19)9-4-11(16)7-12(17)5-9/h4-5,7,10H,6,8H2,1-3H3. The predicted octanol–water partition coefficient (Wildman–Crippen LogP) is 3.22. The highest BCUT2D eigenvalue weighted by Gasteiger charge is 2.37. The molecular formula is C15H17F2NO3. The van der Waals surface area contributed by atoms with Crippen LogP contribution in [0.1, 0.15) is 38.7 Å². The summed E-state index contributed by atoms with van der Waals surface area (Å²) in [5.74, 6) is -2.23. The second-order valence-corrected chi connectivity index (χ2v) is 6.09. The molecule has 1 unspecified atom stereocenters. The van der Waals surface area contributed by atoms with Gasteiger partial charge in [0.15, 0.2) is 0 Å². The largest absolute Gasteiger partial charge is 0.443 e. The molecule has 0 aliphatic carbocycles. The van der Waals surface area contributed by atoms with E-state index >= 15 is 0 Å². The van der Waals surface area contributed by atoms with Crippen LogP contribution in [0.3, 0.4) is 0 Å². The summed E-state index contributed by atoms with van der Waals surface area (Å²) in [6.45, 7) is 5.16. The first-order valence-corrected chi connectivity index (χ1v) is 6.65. The molecule has 0 N–H and O–H groups in total. The van der Waals surface area contributed by atoms with Crippen molar-refractivity contribution in [2.75, 3.05) is 6.54 Å². The Balaban J connectivity index is 2.14. The van der Waals surface area contributed by atoms with Gasteiger partial charge >= 0.3 is 6.09 Å². The molecule has 0 aromatic heterocycles. The summed E-state index contributed by atoms with van der Waals surface area (Å²) in [6, 6.07) is 3.13. The summed E-state index contributed by atoms with van der Waals surface area (Å²) in [5.41, 5.74) is -0.340. The molecule has 2 rings (SSSR count). The second-order valence-electron chi connectivity index (χ2n) is 6.09. The Morgan fingerprint density at radius 2 is 1.81 bits per heavy atom. The SMILES string of the molecule is CC(C)(C)OC(=O)N1CC(c2cc(F)cc(F)c2)CC1=O. The van der Waals surface area contributed by atoms with Gasteiger partial charge in [0.25, 0.3) is 0 Å². The average molecular weight is 297 g/mol. The van der Waals surface area contributed by atoms with E-state index in [1.54, 1.807) is 20.8 Å². The monoisotopic (exact) mass is 297 g/mol. The lowest BCUT2D eigenvalue weighted by atomic mass is 9.98. The Bertz CT molecular complexity index is 561. The van der Waals surface area contributed by atoms with Crippen molar-refractivity contribution >= 4 is 12.0 Å². The molecular weight excluding hydrogens is 280 g/mol. The molecule has 4 nitrogen and oxygen atoms in total. The first-order chi connectivity index (χ1) is 9.65. The summed E-state index contributed by atoms with van der Waals surface area (Å²) in [4.78, 5) is 24.8. The molecule has 1 aromatic carbocycles. The molecule has 2 amide bonds. The number of rotatable bonds is 1. The van der Waals surface area contributed by atoms with Gasteiger partial charge in [-0.2, -0.15) is 0 Å². The van der Waals surface area contributed by atoms with Gasteiger partial charge in [0, 0.05) is 24.9 Å². The van der Waals surface area contributed by atoms with Crippen molar-refractivity contribution in [3.05, 3.63) is 35.4 Å². The highest BCUT2D eigenvalue weighted by Crippen LogP contribution is 2.30. The molecule has 1 aromatic rings. The molecule has 0 saturated carbocycles. The summed E-state index contributed by atoms with van der Waals surface area (Å²) < 4.78 is 31.6. The van der Waals surface area contributed by atoms with E-state index in [4.69, 9.17) is 4.74 Å². The third kappa shape index (κ3) is 3.77. The van der Waals surface area contributed by atoms with Gasteiger partial charge in [-0.3, -0.25) is 4.79 Å². The van der Waals surface area contributed by atoms with Crippen molar-refractivity contribution in [3.63, 3.8) is 0 Å². The number of carbonyl (C=O) groups excluding carboxylic acids is 2. The fourth-order valence-electron chi connectivity index (χ4n) is 2.24. The predicted molar refractivity (Wildman–Crippen MR) is 71.7 cm³/mol. The van der Waals surface area contributed by atoms with E-state index in [1.807, 2.05) is 0 Å². The van der Waals surface area contributed by atoms with E-state index in [1.165, 1.54) is 12.1 Å². The van der Waals surface area contributed by atoms with E-state index in [0.717, 1.165) is 11.0 Å². The number of benzene rings is 1. The molecule has 1 heterocycles. The van der Waals surface area contributed by atoms with E-state index in [2.05, 4.69) is 0 Å². The Kier molecular flexibility index (Phi) is 3.98. The minimum absolute atomic E-state index is 0.0299. The fourth-order valence-corrected chi connectivity index (χ4v) is 2.24. The van der Waals surface area contributed by atoms with Gasteiger partial charge in [0.1, 0.15) is 17.2 Å². The molecule has 114 valence electrons. The van der Waals surface area contributed by atoms with Crippen LogP contribution in [0.15, 0.2) is 18.2 Å². The number of likely N-dealkylation sites (tertiary alicyclic amines) is 1. The highest BCUT2D eigenvalue weighted by molar-refractivity contribution is 5.94. The van der Waals surface area contributed by atoms with E-state index in [0.29, 0.717) is 5.56 Å². The molecule has 0 spiro atoms. The zero-order valence-corrected chi connectivity index (χ0v) is 12.2. The van der Waals surface area contributed by atoms with E-state index in [9.17, 15) is 18.4 Å². The van der Waals surface area contributed by atoms with Gasteiger partial charge in [-0.1, -0.05) is 0 Å². The van der Waals surface area contributed by atoms with Crippen molar-refractivity contribution in [2.24, 2.45) is 0 Å². The molecule has 6 heteroatoms. The smallest absolute Gasteiger partial charge is 0.417 e. The number of hydrogen-bond donors (Lipinski definition) is 0. The molecule has 1 aliphatic heterocycles. The Morgan fingerprint density at radius 3 is 2.33 bits per heavy atom. The van der Waals surface area contributed by atoms with Crippen molar-refractivity contribution in [1.29, 1.82) is 0 Å². The first-order valence-electron chi connectivity index (χ1n) is 6.65. The Morgan fingerprint density at radius 1 is 1.24 bits per heavy atom. The van der Waals surface area contributed by atoms with Gasteiger partial charge in [0.2, 0.25) is 5.91 Å². The van der Waals surface area contributed by atoms with Crippen LogP contribution in [0, 0.1) is 11.6 Å². The zero-order chi connectivity index (χ0) is 15.8. The Hall–Kier alpha value is -1.98. The van der Waals surface area contributed by atoms with Crippen LogP contribution in [0.25, 0.3) is 0 Å². The summed E-state index contributed by atoms with van der Waals surface area (Å²) in [7, 11) is 0. The van der Waals surface area contributed by atoms with Crippen molar-refractivity contribution in [1.82, 2.24) is 4.90 Å². The molecule has 1 saturated heterocycles. The fraction of sp³-hybridized carbons (Fsp3) is 0.467. The number of imide groups is 1. The molecule has 1 fully saturated rings. The van der Waals surface area contributed by atoms with Crippen LogP contribution in [0.4, 0.5) is 13.6 Å². The maximum Gasteiger partial charge on any atom is 0.417 e. The number of amides is 2. The average Bonchev–Trinajstić information content (AvgIpc) is 2.68. The third-order valence-corrected chi connectivity index (χ3v) is 3.10. The number of ether oxygens (including phenoxy) is 1. The Labute approximate surface area is 121 Å². The topological polar surface area (TPSA) is 46.6 Å². The summed E-state index contributed by atoms with van der Waals surface area (Å²) >= 11 is 0. The second kappa shape index (κ2) is 5.42. The quantitative estimate of drug-likeness (QED) is 0.799. The van der Waals surface area contributed by atoms with Crippen molar-refractivity contribution < 1.29 is 23.1 Å². The normalized spacial score (nSPS) is 19.0. The van der Waals surface area contributed by atoms with Crippen LogP contribution < -0.4 is 0 Å². The van der Waals surface area contributed by atoms with Crippen LogP contribution in [-0.4, -0.2) is 29.0 Å². The number of nitrogens with zero attached hydrogens (tertiary/aromatic N) is 1. The maximum atomic E-state index is 13.2. The molecule has 21 heavy (non-hydrogen) atoms. The number of hydrogen-bond acceptors (Lipinski definition) is 3. The van der Waals surface area contributed by atoms with Crippen molar-refractivity contribution in [3.8, 4) is 0 Å². The van der Waals surface area contributed by atoms with Crippen LogP contribution >= 0.6 is 0 Å². The highest BCUT2D eigenvalue weighted by atomic mass is 19.1.